The molecule has 1 fully saturated rings. The molecule has 0 saturated carbocycles. The van der Waals surface area contributed by atoms with E-state index >= 15 is 0 Å². The Hall–Kier alpha value is -0.170. The van der Waals surface area contributed by atoms with Crippen LogP contribution in [0.15, 0.2) is 0 Å². The van der Waals surface area contributed by atoms with Crippen LogP contribution in [0.1, 0.15) is 39.5 Å². The third kappa shape index (κ3) is 4.37. The Balaban J connectivity index is 2.48. The average molecular weight is 250 g/mol. The monoisotopic (exact) mass is 250 g/mol. The van der Waals surface area contributed by atoms with Crippen LogP contribution in [0, 0.1) is 0 Å². The van der Waals surface area contributed by atoms with Gasteiger partial charge in [-0.25, -0.2) is 5.14 Å². The molecule has 0 unspecified atom stereocenters. The van der Waals surface area contributed by atoms with Gasteiger partial charge in [-0.05, 0) is 33.1 Å². The van der Waals surface area contributed by atoms with E-state index in [2.05, 4.69) is 0 Å². The number of hydrogen-bond donors (Lipinski definition) is 1. The lowest BCUT2D eigenvalue weighted by atomic mass is 10.0. The van der Waals surface area contributed by atoms with E-state index in [9.17, 15) is 8.42 Å². The van der Waals surface area contributed by atoms with Crippen molar-refractivity contribution in [1.29, 1.82) is 0 Å². The summed E-state index contributed by atoms with van der Waals surface area (Å²) in [5.41, 5.74) is 0. The zero-order chi connectivity index (χ0) is 12.2. The fourth-order valence-electron chi connectivity index (χ4n) is 2.04. The largest absolute Gasteiger partial charge is 0.379 e. The topological polar surface area (TPSA) is 72.6 Å². The molecule has 0 radical (unpaired) electrons. The molecule has 1 rings (SSSR count). The summed E-state index contributed by atoms with van der Waals surface area (Å²) in [7, 11) is -3.55. The van der Waals surface area contributed by atoms with Gasteiger partial charge >= 0.3 is 0 Å². The van der Waals surface area contributed by atoms with Gasteiger partial charge in [-0.15, -0.1) is 0 Å². The molecule has 1 heterocycles. The van der Waals surface area contributed by atoms with Crippen molar-refractivity contribution in [3.8, 4) is 0 Å². The maximum absolute atomic E-state index is 11.4. The molecule has 0 aromatic carbocycles. The van der Waals surface area contributed by atoms with E-state index in [1.165, 1.54) is 4.31 Å². The van der Waals surface area contributed by atoms with E-state index in [-0.39, 0.29) is 12.1 Å². The minimum Gasteiger partial charge on any atom is -0.379 e. The van der Waals surface area contributed by atoms with Crippen LogP contribution < -0.4 is 5.14 Å². The van der Waals surface area contributed by atoms with Crippen LogP contribution in [0.3, 0.4) is 0 Å². The summed E-state index contributed by atoms with van der Waals surface area (Å²) < 4.78 is 29.6. The van der Waals surface area contributed by atoms with Crippen LogP contribution in [-0.4, -0.2) is 38.0 Å². The van der Waals surface area contributed by atoms with Crippen molar-refractivity contribution in [1.82, 2.24) is 4.31 Å². The van der Waals surface area contributed by atoms with Crippen molar-refractivity contribution in [3.63, 3.8) is 0 Å². The first-order chi connectivity index (χ1) is 7.41. The molecular formula is C10H22N2O3S. The highest BCUT2D eigenvalue weighted by Gasteiger charge is 2.29. The molecule has 0 amide bonds. The van der Waals surface area contributed by atoms with Crippen LogP contribution in [0.5, 0.6) is 0 Å². The van der Waals surface area contributed by atoms with Gasteiger partial charge in [0.2, 0.25) is 0 Å². The summed E-state index contributed by atoms with van der Waals surface area (Å²) in [6.07, 6.45) is 3.77. The van der Waals surface area contributed by atoms with Crippen molar-refractivity contribution in [2.24, 2.45) is 5.14 Å². The summed E-state index contributed by atoms with van der Waals surface area (Å²) in [6, 6.07) is 0.0162. The zero-order valence-electron chi connectivity index (χ0n) is 10.1. The number of nitrogens with two attached hydrogens (primary N) is 1. The van der Waals surface area contributed by atoms with Gasteiger partial charge < -0.3 is 4.74 Å². The lowest BCUT2D eigenvalue weighted by molar-refractivity contribution is 0.0620. The molecule has 96 valence electrons. The maximum Gasteiger partial charge on any atom is 0.277 e. The SMILES string of the molecule is CC(C)OCC[C@@H]1CCCCN1S(N)(=O)=O. The molecule has 1 saturated heterocycles. The summed E-state index contributed by atoms with van der Waals surface area (Å²) >= 11 is 0. The molecular weight excluding hydrogens is 228 g/mol. The number of piperidine rings is 1. The Morgan fingerprint density at radius 2 is 2.12 bits per heavy atom. The van der Waals surface area contributed by atoms with E-state index in [0.29, 0.717) is 13.2 Å². The van der Waals surface area contributed by atoms with E-state index in [4.69, 9.17) is 9.88 Å². The van der Waals surface area contributed by atoms with Crippen LogP contribution in [-0.2, 0) is 14.9 Å². The van der Waals surface area contributed by atoms with Gasteiger partial charge in [0.1, 0.15) is 0 Å². The smallest absolute Gasteiger partial charge is 0.277 e. The van der Waals surface area contributed by atoms with Gasteiger partial charge in [0.15, 0.2) is 0 Å². The molecule has 0 aromatic heterocycles. The highest BCUT2D eigenvalue weighted by atomic mass is 32.2. The number of ether oxygens (including phenoxy) is 1. The van der Waals surface area contributed by atoms with E-state index in [1.807, 2.05) is 13.8 Å². The number of nitrogens with zero attached hydrogens (tertiary/aromatic N) is 1. The van der Waals surface area contributed by atoms with Crippen molar-refractivity contribution < 1.29 is 13.2 Å². The van der Waals surface area contributed by atoms with Gasteiger partial charge in [-0.3, -0.25) is 0 Å². The maximum atomic E-state index is 11.4. The molecule has 2 N–H and O–H groups in total. The van der Waals surface area contributed by atoms with E-state index in [1.54, 1.807) is 0 Å². The fourth-order valence-corrected chi connectivity index (χ4v) is 3.05. The van der Waals surface area contributed by atoms with Crippen molar-refractivity contribution in [3.05, 3.63) is 0 Å². The quantitative estimate of drug-likeness (QED) is 0.786. The second-order valence-electron chi connectivity index (χ2n) is 4.51. The second-order valence-corrected chi connectivity index (χ2v) is 6.01. The Kier molecular flexibility index (Phi) is 5.17. The van der Waals surface area contributed by atoms with Crippen molar-refractivity contribution in [2.75, 3.05) is 13.2 Å². The van der Waals surface area contributed by atoms with Crippen LogP contribution in [0.2, 0.25) is 0 Å². The Morgan fingerprint density at radius 3 is 2.69 bits per heavy atom. The second kappa shape index (κ2) is 5.95. The standard InChI is InChI=1S/C10H22N2O3S/c1-9(2)15-8-6-10-5-3-4-7-12(10)16(11,13)14/h9-10H,3-8H2,1-2H3,(H2,11,13,14)/t10-/m0/s1. The molecule has 1 atom stereocenters. The van der Waals surface area contributed by atoms with Gasteiger partial charge in [0, 0.05) is 19.2 Å². The predicted molar refractivity (Wildman–Crippen MR) is 63.2 cm³/mol. The molecule has 5 nitrogen and oxygen atoms in total. The van der Waals surface area contributed by atoms with Crippen LogP contribution in [0.4, 0.5) is 0 Å². The highest BCUT2D eigenvalue weighted by molar-refractivity contribution is 7.86. The molecule has 1 aliphatic rings. The molecule has 0 aromatic rings. The summed E-state index contributed by atoms with van der Waals surface area (Å²) in [5.74, 6) is 0. The first-order valence-electron chi connectivity index (χ1n) is 5.82. The number of hydrogen-bond acceptors (Lipinski definition) is 3. The Labute approximate surface area is 98.1 Å². The summed E-state index contributed by atoms with van der Waals surface area (Å²) in [6.45, 7) is 5.08. The Morgan fingerprint density at radius 1 is 1.44 bits per heavy atom. The fraction of sp³-hybridized carbons (Fsp3) is 1.00. The summed E-state index contributed by atoms with van der Waals surface area (Å²) in [5, 5.41) is 5.19. The first kappa shape index (κ1) is 13.9. The summed E-state index contributed by atoms with van der Waals surface area (Å²) in [4.78, 5) is 0. The molecule has 6 heteroatoms. The van der Waals surface area contributed by atoms with Gasteiger partial charge in [-0.1, -0.05) is 6.42 Å². The van der Waals surface area contributed by atoms with Gasteiger partial charge in [-0.2, -0.15) is 12.7 Å². The normalized spacial score (nSPS) is 23.9. The van der Waals surface area contributed by atoms with Crippen LogP contribution in [0.25, 0.3) is 0 Å². The van der Waals surface area contributed by atoms with Gasteiger partial charge in [0.25, 0.3) is 10.2 Å². The predicted octanol–water partition coefficient (Wildman–Crippen LogP) is 0.860. The number of rotatable bonds is 5. The Bertz CT molecular complexity index is 303. The molecule has 0 spiro atoms. The average Bonchev–Trinajstić information content (AvgIpc) is 2.16. The van der Waals surface area contributed by atoms with Crippen molar-refractivity contribution >= 4 is 10.2 Å². The van der Waals surface area contributed by atoms with Crippen LogP contribution >= 0.6 is 0 Å². The third-order valence-corrected chi connectivity index (χ3v) is 3.94. The van der Waals surface area contributed by atoms with E-state index < -0.39 is 10.2 Å². The molecule has 0 bridgehead atoms. The highest BCUT2D eigenvalue weighted by Crippen LogP contribution is 2.21. The minimum atomic E-state index is -3.55. The minimum absolute atomic E-state index is 0.0162. The molecule has 16 heavy (non-hydrogen) atoms. The first-order valence-corrected chi connectivity index (χ1v) is 7.32. The lowest BCUT2D eigenvalue weighted by Gasteiger charge is -2.33. The third-order valence-electron chi connectivity index (χ3n) is 2.80. The molecule has 0 aliphatic carbocycles. The lowest BCUT2D eigenvalue weighted by Crippen LogP contribution is -2.47. The van der Waals surface area contributed by atoms with Gasteiger partial charge in [0.05, 0.1) is 6.10 Å². The zero-order valence-corrected chi connectivity index (χ0v) is 10.9. The van der Waals surface area contributed by atoms with E-state index in [0.717, 1.165) is 25.7 Å². The molecule has 1 aliphatic heterocycles. The van der Waals surface area contributed by atoms with Crippen molar-refractivity contribution in [2.45, 2.75) is 51.7 Å².